The maximum atomic E-state index is 12.2. The molecule has 0 saturated carbocycles. The van der Waals surface area contributed by atoms with Crippen LogP contribution in [0.4, 0.5) is 0 Å². The summed E-state index contributed by atoms with van der Waals surface area (Å²) >= 11 is 3.50. The zero-order valence-electron chi connectivity index (χ0n) is 12.0. The lowest BCUT2D eigenvalue weighted by molar-refractivity contribution is -0.130. The molecule has 0 bridgehead atoms. The molecule has 1 aliphatic rings. The number of carbonyl (C=O) groups excluding carboxylic acids is 1. The van der Waals surface area contributed by atoms with Crippen LogP contribution >= 0.6 is 15.9 Å². The molecule has 1 unspecified atom stereocenters. The van der Waals surface area contributed by atoms with E-state index in [1.807, 2.05) is 19.9 Å². The highest BCUT2D eigenvalue weighted by atomic mass is 79.9. The van der Waals surface area contributed by atoms with Crippen molar-refractivity contribution in [1.29, 1.82) is 0 Å². The van der Waals surface area contributed by atoms with Crippen molar-refractivity contribution in [2.45, 2.75) is 33.2 Å². The summed E-state index contributed by atoms with van der Waals surface area (Å²) in [6.07, 6.45) is 1.65. The summed E-state index contributed by atoms with van der Waals surface area (Å²) in [5.74, 6) is 0.911. The number of hydrogen-bond acceptors (Lipinski definition) is 3. The average molecular weight is 341 g/mol. The van der Waals surface area contributed by atoms with E-state index in [4.69, 9.17) is 10.5 Å². The number of carbonyl (C=O) groups is 1. The quantitative estimate of drug-likeness (QED) is 0.864. The molecule has 0 aliphatic carbocycles. The normalized spacial score (nSPS) is 16.2. The molecule has 1 atom stereocenters. The number of amides is 1. The van der Waals surface area contributed by atoms with E-state index in [9.17, 15) is 4.79 Å². The Morgan fingerprint density at radius 2 is 2.30 bits per heavy atom. The molecule has 0 spiro atoms. The zero-order valence-corrected chi connectivity index (χ0v) is 13.5. The predicted octanol–water partition coefficient (Wildman–Crippen LogP) is 2.38. The van der Waals surface area contributed by atoms with Gasteiger partial charge in [0, 0.05) is 29.5 Å². The lowest BCUT2D eigenvalue weighted by atomic mass is 9.86. The van der Waals surface area contributed by atoms with Gasteiger partial charge in [0.2, 0.25) is 5.91 Å². The van der Waals surface area contributed by atoms with Gasteiger partial charge in [-0.3, -0.25) is 4.79 Å². The molecule has 5 heteroatoms. The third-order valence-electron chi connectivity index (χ3n) is 4.04. The Balaban J connectivity index is 2.10. The van der Waals surface area contributed by atoms with Gasteiger partial charge in [0.15, 0.2) is 0 Å². The van der Waals surface area contributed by atoms with E-state index in [-0.39, 0.29) is 5.91 Å². The predicted molar refractivity (Wildman–Crippen MR) is 82.6 cm³/mol. The van der Waals surface area contributed by atoms with Crippen LogP contribution in [0.3, 0.4) is 0 Å². The molecule has 3 N–H and O–H groups in total. The van der Waals surface area contributed by atoms with Crippen molar-refractivity contribution in [1.82, 2.24) is 5.32 Å². The summed E-state index contributed by atoms with van der Waals surface area (Å²) in [6.45, 7) is 5.40. The SMILES string of the molecule is CCC(C)(CN)C(=O)NCc1cc(Br)cc2c1OCC2. The number of benzene rings is 1. The van der Waals surface area contributed by atoms with Gasteiger partial charge in [-0.2, -0.15) is 0 Å². The molecule has 2 rings (SSSR count). The maximum Gasteiger partial charge on any atom is 0.227 e. The first-order chi connectivity index (χ1) is 9.50. The molecule has 1 aliphatic heterocycles. The van der Waals surface area contributed by atoms with Gasteiger partial charge in [0.05, 0.1) is 12.0 Å². The van der Waals surface area contributed by atoms with Crippen molar-refractivity contribution >= 4 is 21.8 Å². The Morgan fingerprint density at radius 3 is 2.95 bits per heavy atom. The molecular formula is C15H21BrN2O2. The Morgan fingerprint density at radius 1 is 1.55 bits per heavy atom. The highest BCUT2D eigenvalue weighted by Gasteiger charge is 2.29. The Labute approximate surface area is 128 Å². The Hall–Kier alpha value is -1.07. The molecule has 1 heterocycles. The van der Waals surface area contributed by atoms with Crippen molar-refractivity contribution < 1.29 is 9.53 Å². The molecule has 0 radical (unpaired) electrons. The number of halogens is 1. The van der Waals surface area contributed by atoms with Gasteiger partial charge in [-0.25, -0.2) is 0 Å². The Bertz CT molecular complexity index is 513. The number of nitrogens with two attached hydrogens (primary N) is 1. The number of hydrogen-bond donors (Lipinski definition) is 2. The number of nitrogens with one attached hydrogen (secondary N) is 1. The number of rotatable bonds is 5. The lowest BCUT2D eigenvalue weighted by Gasteiger charge is -2.25. The summed E-state index contributed by atoms with van der Waals surface area (Å²) in [6, 6.07) is 4.07. The summed E-state index contributed by atoms with van der Waals surface area (Å²) in [5.41, 5.74) is 7.41. The second-order valence-electron chi connectivity index (χ2n) is 5.45. The molecule has 1 amide bonds. The first-order valence-electron chi connectivity index (χ1n) is 6.92. The van der Waals surface area contributed by atoms with Crippen molar-refractivity contribution in [2.75, 3.05) is 13.2 Å². The minimum atomic E-state index is -0.504. The van der Waals surface area contributed by atoms with Crippen LogP contribution in [0.5, 0.6) is 5.75 Å². The average Bonchev–Trinajstić information content (AvgIpc) is 2.91. The van der Waals surface area contributed by atoms with Crippen LogP contribution in [-0.2, 0) is 17.8 Å². The second-order valence-corrected chi connectivity index (χ2v) is 6.37. The van der Waals surface area contributed by atoms with E-state index < -0.39 is 5.41 Å². The minimum Gasteiger partial charge on any atom is -0.493 e. The molecule has 1 aromatic rings. The second kappa shape index (κ2) is 6.14. The fourth-order valence-electron chi connectivity index (χ4n) is 2.26. The summed E-state index contributed by atoms with van der Waals surface area (Å²) in [7, 11) is 0. The highest BCUT2D eigenvalue weighted by molar-refractivity contribution is 9.10. The van der Waals surface area contributed by atoms with Crippen LogP contribution in [0, 0.1) is 5.41 Å². The van der Waals surface area contributed by atoms with Crippen molar-refractivity contribution in [3.63, 3.8) is 0 Å². The maximum absolute atomic E-state index is 12.2. The van der Waals surface area contributed by atoms with Gasteiger partial charge in [-0.15, -0.1) is 0 Å². The summed E-state index contributed by atoms with van der Waals surface area (Å²) in [4.78, 5) is 12.2. The molecule has 110 valence electrons. The molecule has 1 aromatic carbocycles. The van der Waals surface area contributed by atoms with Gasteiger partial charge in [0.1, 0.15) is 5.75 Å². The first-order valence-corrected chi connectivity index (χ1v) is 7.72. The largest absolute Gasteiger partial charge is 0.493 e. The van der Waals surface area contributed by atoms with Crippen LogP contribution in [-0.4, -0.2) is 19.1 Å². The topological polar surface area (TPSA) is 64.4 Å². The minimum absolute atomic E-state index is 0.00535. The lowest BCUT2D eigenvalue weighted by Crippen LogP contribution is -2.43. The van der Waals surface area contributed by atoms with Crippen LogP contribution in [0.1, 0.15) is 31.4 Å². The molecule has 0 saturated heterocycles. The first kappa shape index (κ1) is 15.3. The molecule has 20 heavy (non-hydrogen) atoms. The van der Waals surface area contributed by atoms with E-state index in [2.05, 4.69) is 27.3 Å². The van der Waals surface area contributed by atoms with Crippen molar-refractivity contribution in [3.05, 3.63) is 27.7 Å². The van der Waals surface area contributed by atoms with E-state index >= 15 is 0 Å². The van der Waals surface area contributed by atoms with E-state index in [1.165, 1.54) is 5.56 Å². The van der Waals surface area contributed by atoms with Crippen LogP contribution in [0.2, 0.25) is 0 Å². The van der Waals surface area contributed by atoms with Crippen LogP contribution < -0.4 is 15.8 Å². The zero-order chi connectivity index (χ0) is 14.8. The highest BCUT2D eigenvalue weighted by Crippen LogP contribution is 2.33. The number of ether oxygens (including phenoxy) is 1. The van der Waals surface area contributed by atoms with Crippen molar-refractivity contribution in [2.24, 2.45) is 11.1 Å². The summed E-state index contributed by atoms with van der Waals surface area (Å²) < 4.78 is 6.68. The standard InChI is InChI=1S/C15H21BrN2O2/c1-3-15(2,9-17)14(19)18-8-11-7-12(16)6-10-4-5-20-13(10)11/h6-7H,3-5,8-9,17H2,1-2H3,(H,18,19). The van der Waals surface area contributed by atoms with Gasteiger partial charge < -0.3 is 15.8 Å². The van der Waals surface area contributed by atoms with Gasteiger partial charge in [-0.05, 0) is 31.0 Å². The Kier molecular flexibility index (Phi) is 4.70. The summed E-state index contributed by atoms with van der Waals surface area (Å²) in [5, 5.41) is 2.98. The molecule has 0 fully saturated rings. The van der Waals surface area contributed by atoms with Gasteiger partial charge in [0.25, 0.3) is 0 Å². The van der Waals surface area contributed by atoms with E-state index in [0.29, 0.717) is 19.7 Å². The monoisotopic (exact) mass is 340 g/mol. The third-order valence-corrected chi connectivity index (χ3v) is 4.50. The smallest absolute Gasteiger partial charge is 0.227 e. The van der Waals surface area contributed by atoms with E-state index in [1.54, 1.807) is 0 Å². The number of fused-ring (bicyclic) bond motifs is 1. The fraction of sp³-hybridized carbons (Fsp3) is 0.533. The van der Waals surface area contributed by atoms with Crippen LogP contribution in [0.15, 0.2) is 16.6 Å². The fourth-order valence-corrected chi connectivity index (χ4v) is 2.82. The molecular weight excluding hydrogens is 320 g/mol. The van der Waals surface area contributed by atoms with Crippen LogP contribution in [0.25, 0.3) is 0 Å². The van der Waals surface area contributed by atoms with Crippen molar-refractivity contribution in [3.8, 4) is 5.75 Å². The third kappa shape index (κ3) is 2.99. The van der Waals surface area contributed by atoms with Gasteiger partial charge in [-0.1, -0.05) is 22.9 Å². The van der Waals surface area contributed by atoms with Gasteiger partial charge >= 0.3 is 0 Å². The molecule has 0 aromatic heterocycles. The van der Waals surface area contributed by atoms with E-state index in [0.717, 1.165) is 28.6 Å². The molecule has 4 nitrogen and oxygen atoms in total.